The van der Waals surface area contributed by atoms with Gasteiger partial charge in [0.15, 0.2) is 0 Å². The summed E-state index contributed by atoms with van der Waals surface area (Å²) in [6.45, 7) is 7.41. The Hall–Kier alpha value is -0.540. The van der Waals surface area contributed by atoms with Gasteiger partial charge < -0.3 is 5.11 Å². The Balaban J connectivity index is 2.75. The van der Waals surface area contributed by atoms with E-state index in [-0.39, 0.29) is 11.6 Å². The number of aliphatic hydroxyl groups is 1. The zero-order valence-corrected chi connectivity index (χ0v) is 7.04. The highest BCUT2D eigenvalue weighted by molar-refractivity contribution is 5.03. The zero-order valence-electron chi connectivity index (χ0n) is 7.04. The van der Waals surface area contributed by atoms with E-state index in [1.807, 2.05) is 13.8 Å². The number of nitrogens with zero attached hydrogens (tertiary/aromatic N) is 1. The van der Waals surface area contributed by atoms with Crippen LogP contribution in [0.5, 0.6) is 0 Å². The molecule has 3 heteroatoms. The van der Waals surface area contributed by atoms with E-state index in [9.17, 15) is 10.3 Å². The zero-order chi connectivity index (χ0) is 8.65. The number of hydrogen-bond acceptors (Lipinski definition) is 3. The van der Waals surface area contributed by atoms with Gasteiger partial charge in [0.2, 0.25) is 0 Å². The van der Waals surface area contributed by atoms with Crippen LogP contribution in [0.25, 0.3) is 0 Å². The first kappa shape index (κ1) is 8.56. The van der Waals surface area contributed by atoms with Crippen LogP contribution in [0.4, 0.5) is 0 Å². The summed E-state index contributed by atoms with van der Waals surface area (Å²) in [6, 6.07) is 0. The van der Waals surface area contributed by atoms with E-state index in [1.54, 1.807) is 0 Å². The first-order valence-electron chi connectivity index (χ1n) is 3.78. The summed E-state index contributed by atoms with van der Waals surface area (Å²) in [6.07, 6.45) is 0.698. The van der Waals surface area contributed by atoms with Gasteiger partial charge in [0.1, 0.15) is 0 Å². The third-order valence-corrected chi connectivity index (χ3v) is 2.08. The van der Waals surface area contributed by atoms with E-state index >= 15 is 0 Å². The molecular weight excluding hydrogens is 142 g/mol. The van der Waals surface area contributed by atoms with Crippen LogP contribution in [0, 0.1) is 0 Å². The Bertz CT molecular complexity index is 177. The van der Waals surface area contributed by atoms with Gasteiger partial charge in [-0.1, -0.05) is 6.58 Å². The normalized spacial score (nSPS) is 30.7. The minimum atomic E-state index is -0.380. The Kier molecular flexibility index (Phi) is 1.94. The molecule has 0 spiro atoms. The predicted molar refractivity (Wildman–Crippen MR) is 42.1 cm³/mol. The van der Waals surface area contributed by atoms with Crippen LogP contribution in [-0.2, 0) is 0 Å². The van der Waals surface area contributed by atoms with Gasteiger partial charge in [0, 0.05) is 12.1 Å². The van der Waals surface area contributed by atoms with Crippen LogP contribution in [0.1, 0.15) is 26.7 Å². The fraction of sp³-hybridized carbons (Fsp3) is 0.750. The second-order valence-electron chi connectivity index (χ2n) is 3.75. The van der Waals surface area contributed by atoms with Gasteiger partial charge in [0.25, 0.3) is 0 Å². The van der Waals surface area contributed by atoms with Crippen LogP contribution in [-0.4, -0.2) is 27.0 Å². The highest BCUT2D eigenvalue weighted by Crippen LogP contribution is 2.31. The lowest BCUT2D eigenvalue weighted by Crippen LogP contribution is -2.47. The van der Waals surface area contributed by atoms with E-state index in [2.05, 4.69) is 6.58 Å². The van der Waals surface area contributed by atoms with Gasteiger partial charge >= 0.3 is 0 Å². The van der Waals surface area contributed by atoms with Crippen molar-refractivity contribution in [1.82, 2.24) is 5.06 Å². The maximum Gasteiger partial charge on any atom is 0.0636 e. The van der Waals surface area contributed by atoms with Crippen molar-refractivity contribution in [2.24, 2.45) is 0 Å². The van der Waals surface area contributed by atoms with Crippen molar-refractivity contribution in [2.45, 2.75) is 38.3 Å². The number of rotatable bonds is 0. The minimum Gasteiger partial charge on any atom is -0.393 e. The Morgan fingerprint density at radius 3 is 2.64 bits per heavy atom. The molecule has 1 aliphatic heterocycles. The average molecular weight is 157 g/mol. The third-order valence-electron chi connectivity index (χ3n) is 2.08. The van der Waals surface area contributed by atoms with Crippen molar-refractivity contribution < 1.29 is 10.3 Å². The Morgan fingerprint density at radius 2 is 2.18 bits per heavy atom. The fourth-order valence-electron chi connectivity index (χ4n) is 1.52. The Morgan fingerprint density at radius 1 is 1.64 bits per heavy atom. The molecule has 0 aromatic heterocycles. The molecule has 0 aromatic rings. The van der Waals surface area contributed by atoms with Gasteiger partial charge in [-0.15, -0.1) is 0 Å². The number of hydroxylamine groups is 2. The molecule has 1 aliphatic rings. The first-order chi connectivity index (χ1) is 4.93. The molecule has 0 aliphatic carbocycles. The highest BCUT2D eigenvalue weighted by atomic mass is 16.5. The molecule has 1 rings (SSSR count). The van der Waals surface area contributed by atoms with Gasteiger partial charge in [0.05, 0.1) is 11.6 Å². The summed E-state index contributed by atoms with van der Waals surface area (Å²) in [4.78, 5) is 0. The smallest absolute Gasteiger partial charge is 0.0636 e. The van der Waals surface area contributed by atoms with E-state index in [4.69, 9.17) is 0 Å². The van der Waals surface area contributed by atoms with E-state index < -0.39 is 0 Å². The van der Waals surface area contributed by atoms with Crippen LogP contribution >= 0.6 is 0 Å². The second-order valence-corrected chi connectivity index (χ2v) is 3.75. The molecule has 0 amide bonds. The lowest BCUT2D eigenvalue weighted by molar-refractivity contribution is -0.162. The second kappa shape index (κ2) is 2.50. The molecule has 1 unspecified atom stereocenters. The summed E-state index contributed by atoms with van der Waals surface area (Å²) >= 11 is 0. The molecule has 1 heterocycles. The molecular formula is C8H15NO2. The molecule has 1 atom stereocenters. The van der Waals surface area contributed by atoms with Crippen LogP contribution in [0.2, 0.25) is 0 Å². The highest BCUT2D eigenvalue weighted by Gasteiger charge is 2.34. The number of hydrogen-bond donors (Lipinski definition) is 2. The van der Waals surface area contributed by atoms with Crippen molar-refractivity contribution in [2.75, 3.05) is 0 Å². The molecule has 0 bridgehead atoms. The summed E-state index contributed by atoms with van der Waals surface area (Å²) < 4.78 is 0. The number of piperidine rings is 1. The molecule has 2 N–H and O–H groups in total. The predicted octanol–water partition coefficient (Wildman–Crippen LogP) is 1.12. The van der Waals surface area contributed by atoms with Gasteiger partial charge in [-0.25, -0.2) is 0 Å². The molecule has 11 heavy (non-hydrogen) atoms. The van der Waals surface area contributed by atoms with Gasteiger partial charge in [-0.2, -0.15) is 0 Å². The minimum absolute atomic E-state index is 0.360. The number of aliphatic hydroxyl groups excluding tert-OH is 1. The SMILES string of the molecule is C=C1CC(O)CC(C)(C)N1O. The van der Waals surface area contributed by atoms with E-state index in [0.29, 0.717) is 18.5 Å². The van der Waals surface area contributed by atoms with Crippen LogP contribution in [0.15, 0.2) is 12.3 Å². The molecule has 0 saturated carbocycles. The van der Waals surface area contributed by atoms with Gasteiger partial charge in [-0.05, 0) is 20.3 Å². The lowest BCUT2D eigenvalue weighted by atomic mass is 9.89. The quantitative estimate of drug-likeness (QED) is 0.554. The van der Waals surface area contributed by atoms with Crippen molar-refractivity contribution in [3.63, 3.8) is 0 Å². The summed E-state index contributed by atoms with van der Waals surface area (Å²) in [5.74, 6) is 0. The fourth-order valence-corrected chi connectivity index (χ4v) is 1.52. The average Bonchev–Trinajstić information content (AvgIpc) is 1.81. The summed E-state index contributed by atoms with van der Waals surface area (Å²) in [5, 5.41) is 19.9. The van der Waals surface area contributed by atoms with Crippen LogP contribution < -0.4 is 0 Å². The van der Waals surface area contributed by atoms with E-state index in [0.717, 1.165) is 5.06 Å². The lowest BCUT2D eigenvalue weighted by Gasteiger charge is -2.42. The standard InChI is InChI=1S/C8H15NO2/c1-6-4-7(10)5-8(2,3)9(6)11/h7,10-11H,1,4-5H2,2-3H3. The van der Waals surface area contributed by atoms with Crippen molar-refractivity contribution in [3.8, 4) is 0 Å². The monoisotopic (exact) mass is 157 g/mol. The van der Waals surface area contributed by atoms with Crippen molar-refractivity contribution in [3.05, 3.63) is 12.3 Å². The first-order valence-corrected chi connectivity index (χ1v) is 3.78. The molecule has 1 fully saturated rings. The van der Waals surface area contributed by atoms with Gasteiger partial charge in [-0.3, -0.25) is 10.3 Å². The molecule has 0 radical (unpaired) electrons. The molecule has 3 nitrogen and oxygen atoms in total. The topological polar surface area (TPSA) is 43.7 Å². The summed E-state index contributed by atoms with van der Waals surface area (Å²) in [7, 11) is 0. The Labute approximate surface area is 66.9 Å². The van der Waals surface area contributed by atoms with Crippen molar-refractivity contribution in [1.29, 1.82) is 0 Å². The summed E-state index contributed by atoms with van der Waals surface area (Å²) in [5.41, 5.74) is 0.211. The van der Waals surface area contributed by atoms with Crippen LogP contribution in [0.3, 0.4) is 0 Å². The maximum atomic E-state index is 9.45. The third kappa shape index (κ3) is 1.54. The maximum absolute atomic E-state index is 9.45. The molecule has 64 valence electrons. The van der Waals surface area contributed by atoms with Crippen molar-refractivity contribution >= 4 is 0 Å². The van der Waals surface area contributed by atoms with E-state index in [1.165, 1.54) is 0 Å². The molecule has 0 aromatic carbocycles. The largest absolute Gasteiger partial charge is 0.393 e. The molecule has 1 saturated heterocycles.